The predicted molar refractivity (Wildman–Crippen MR) is 115 cm³/mol. The number of methoxy groups -OCH3 is 1. The molecule has 0 atom stereocenters. The minimum absolute atomic E-state index is 0.0104. The second kappa shape index (κ2) is 9.38. The fourth-order valence-corrected chi connectivity index (χ4v) is 3.24. The van der Waals surface area contributed by atoms with Crippen LogP contribution < -0.4 is 19.5 Å². The molecule has 2 aromatic carbocycles. The van der Waals surface area contributed by atoms with Crippen LogP contribution in [0.2, 0.25) is 5.02 Å². The minimum Gasteiger partial charge on any atom is -0.486 e. The lowest BCUT2D eigenvalue weighted by atomic mass is 10.1. The maximum Gasteiger partial charge on any atom is 0.417 e. The summed E-state index contributed by atoms with van der Waals surface area (Å²) in [5, 5.41) is 1.85. The molecular formula is C23H17ClF4N2O4. The first-order valence-corrected chi connectivity index (χ1v) is 10.4. The molecule has 34 heavy (non-hydrogen) atoms. The fourth-order valence-electron chi connectivity index (χ4n) is 2.97. The van der Waals surface area contributed by atoms with Gasteiger partial charge in [0.05, 0.1) is 29.4 Å². The Kier molecular flexibility index (Phi) is 6.52. The minimum atomic E-state index is -4.81. The Hall–Kier alpha value is -3.53. The van der Waals surface area contributed by atoms with Gasteiger partial charge in [-0.05, 0) is 43.2 Å². The molecule has 178 valence electrons. The molecule has 3 aromatic rings. The Morgan fingerprint density at radius 1 is 1.09 bits per heavy atom. The Labute approximate surface area is 196 Å². The first-order valence-electron chi connectivity index (χ1n) is 10.00. The number of hydrogen-bond acceptors (Lipinski definition) is 5. The van der Waals surface area contributed by atoms with Crippen molar-refractivity contribution in [1.82, 2.24) is 4.98 Å². The molecule has 0 spiro atoms. The number of ether oxygens (including phenoxy) is 3. The molecule has 1 N–H and O–H groups in total. The lowest BCUT2D eigenvalue weighted by Crippen LogP contribution is -2.15. The standard InChI is InChI=1S/C23H17ClF4N2O4/c1-32-21-9-13(6-7-29-21)30-22(31)15-10-17(24)16(23(26,27)28)11-19(15)34-18-5-2-12(25)8-20(18)33-14-3-4-14/h2,5-11,14H,3-4H2,1H3,(H,29,30,31). The molecule has 0 aliphatic heterocycles. The van der Waals surface area contributed by atoms with Gasteiger partial charge in [0.15, 0.2) is 11.5 Å². The van der Waals surface area contributed by atoms with Gasteiger partial charge in [0.1, 0.15) is 11.6 Å². The quantitative estimate of drug-likeness (QED) is 0.379. The van der Waals surface area contributed by atoms with Crippen LogP contribution in [0.25, 0.3) is 0 Å². The van der Waals surface area contributed by atoms with E-state index in [-0.39, 0.29) is 34.7 Å². The van der Waals surface area contributed by atoms with Gasteiger partial charge in [-0.2, -0.15) is 13.2 Å². The molecular weight excluding hydrogens is 480 g/mol. The summed E-state index contributed by atoms with van der Waals surface area (Å²) >= 11 is 5.85. The number of halogens is 5. The van der Waals surface area contributed by atoms with Crippen LogP contribution in [-0.4, -0.2) is 24.1 Å². The van der Waals surface area contributed by atoms with E-state index in [0.717, 1.165) is 31.0 Å². The van der Waals surface area contributed by atoms with Gasteiger partial charge in [-0.25, -0.2) is 9.37 Å². The molecule has 1 aromatic heterocycles. The summed E-state index contributed by atoms with van der Waals surface area (Å²) in [5.41, 5.74) is -1.20. The molecule has 6 nitrogen and oxygen atoms in total. The zero-order valence-corrected chi connectivity index (χ0v) is 18.3. The number of alkyl halides is 3. The van der Waals surface area contributed by atoms with Crippen molar-refractivity contribution in [3.8, 4) is 23.1 Å². The number of anilines is 1. The molecule has 4 rings (SSSR count). The van der Waals surface area contributed by atoms with Crippen LogP contribution in [0.3, 0.4) is 0 Å². The third kappa shape index (κ3) is 5.51. The molecule has 1 fully saturated rings. The van der Waals surface area contributed by atoms with Crippen LogP contribution in [0.15, 0.2) is 48.7 Å². The van der Waals surface area contributed by atoms with Gasteiger partial charge in [-0.15, -0.1) is 0 Å². The zero-order valence-electron chi connectivity index (χ0n) is 17.6. The number of benzene rings is 2. The maximum absolute atomic E-state index is 13.8. The van der Waals surface area contributed by atoms with E-state index in [1.807, 2.05) is 0 Å². The normalized spacial score (nSPS) is 13.4. The van der Waals surface area contributed by atoms with Crippen molar-refractivity contribution in [2.45, 2.75) is 25.1 Å². The van der Waals surface area contributed by atoms with Gasteiger partial charge in [-0.3, -0.25) is 4.79 Å². The van der Waals surface area contributed by atoms with Crippen molar-refractivity contribution in [2.24, 2.45) is 0 Å². The highest BCUT2D eigenvalue weighted by Crippen LogP contribution is 2.42. The molecule has 1 saturated carbocycles. The van der Waals surface area contributed by atoms with Gasteiger partial charge >= 0.3 is 6.18 Å². The van der Waals surface area contributed by atoms with Crippen molar-refractivity contribution < 1.29 is 36.6 Å². The summed E-state index contributed by atoms with van der Waals surface area (Å²) in [6.07, 6.45) is -2.04. The molecule has 0 bridgehead atoms. The number of rotatable bonds is 7. The average molecular weight is 497 g/mol. The Morgan fingerprint density at radius 3 is 2.53 bits per heavy atom. The van der Waals surface area contributed by atoms with E-state index in [2.05, 4.69) is 10.3 Å². The van der Waals surface area contributed by atoms with Gasteiger partial charge in [0.25, 0.3) is 5.91 Å². The fraction of sp³-hybridized carbons (Fsp3) is 0.217. The van der Waals surface area contributed by atoms with Crippen LogP contribution in [0, 0.1) is 5.82 Å². The highest BCUT2D eigenvalue weighted by atomic mass is 35.5. The molecule has 11 heteroatoms. The summed E-state index contributed by atoms with van der Waals surface area (Å²) in [6.45, 7) is 0. The number of carbonyl (C=O) groups excluding carboxylic acids is 1. The lowest BCUT2D eigenvalue weighted by molar-refractivity contribution is -0.137. The van der Waals surface area contributed by atoms with Crippen molar-refractivity contribution >= 4 is 23.2 Å². The van der Waals surface area contributed by atoms with E-state index in [1.165, 1.54) is 31.5 Å². The van der Waals surface area contributed by atoms with Crippen LogP contribution in [0.1, 0.15) is 28.8 Å². The Balaban J connectivity index is 1.73. The van der Waals surface area contributed by atoms with Crippen LogP contribution >= 0.6 is 11.6 Å². The summed E-state index contributed by atoms with van der Waals surface area (Å²) in [6, 6.07) is 7.72. The number of aromatic nitrogens is 1. The number of amides is 1. The lowest BCUT2D eigenvalue weighted by Gasteiger charge is -2.18. The first kappa shape index (κ1) is 23.6. The molecule has 0 unspecified atom stereocenters. The smallest absolute Gasteiger partial charge is 0.417 e. The predicted octanol–water partition coefficient (Wildman–Crippen LogP) is 6.49. The van der Waals surface area contributed by atoms with Gasteiger partial charge in [-0.1, -0.05) is 11.6 Å². The van der Waals surface area contributed by atoms with E-state index in [1.54, 1.807) is 0 Å². The highest BCUT2D eigenvalue weighted by Gasteiger charge is 2.35. The van der Waals surface area contributed by atoms with Crippen LogP contribution in [-0.2, 0) is 6.18 Å². The molecule has 1 heterocycles. The molecule has 0 saturated heterocycles. The van der Waals surface area contributed by atoms with E-state index in [0.29, 0.717) is 6.07 Å². The second-order valence-corrected chi connectivity index (χ2v) is 7.78. The SMILES string of the molecule is COc1cc(NC(=O)c2cc(Cl)c(C(F)(F)F)cc2Oc2ccc(F)cc2OC2CC2)ccn1. The first-order chi connectivity index (χ1) is 16.1. The third-order valence-electron chi connectivity index (χ3n) is 4.76. The highest BCUT2D eigenvalue weighted by molar-refractivity contribution is 6.32. The number of nitrogens with one attached hydrogen (secondary N) is 1. The topological polar surface area (TPSA) is 69.7 Å². The Bertz CT molecular complexity index is 1230. The summed E-state index contributed by atoms with van der Waals surface area (Å²) in [5.74, 6) is -1.68. The van der Waals surface area contributed by atoms with Crippen molar-refractivity contribution in [3.63, 3.8) is 0 Å². The van der Waals surface area contributed by atoms with Crippen LogP contribution in [0.4, 0.5) is 23.2 Å². The van der Waals surface area contributed by atoms with E-state index < -0.39 is 34.2 Å². The molecule has 1 amide bonds. The number of carbonyl (C=O) groups is 1. The maximum atomic E-state index is 13.8. The van der Waals surface area contributed by atoms with Crippen LogP contribution in [0.5, 0.6) is 23.1 Å². The largest absolute Gasteiger partial charge is 0.486 e. The number of hydrogen-bond donors (Lipinski definition) is 1. The summed E-state index contributed by atoms with van der Waals surface area (Å²) < 4.78 is 70.6. The van der Waals surface area contributed by atoms with Crippen molar-refractivity contribution in [2.75, 3.05) is 12.4 Å². The third-order valence-corrected chi connectivity index (χ3v) is 5.08. The molecule has 1 aliphatic carbocycles. The van der Waals surface area contributed by atoms with E-state index in [9.17, 15) is 22.4 Å². The molecule has 1 aliphatic rings. The van der Waals surface area contributed by atoms with Gasteiger partial charge in [0, 0.05) is 24.0 Å². The van der Waals surface area contributed by atoms with Gasteiger partial charge in [0.2, 0.25) is 5.88 Å². The van der Waals surface area contributed by atoms with E-state index >= 15 is 0 Å². The summed E-state index contributed by atoms with van der Waals surface area (Å²) in [4.78, 5) is 16.9. The van der Waals surface area contributed by atoms with E-state index in [4.69, 9.17) is 25.8 Å². The second-order valence-electron chi connectivity index (χ2n) is 7.38. The number of pyridine rings is 1. The Morgan fingerprint density at radius 2 is 1.85 bits per heavy atom. The summed E-state index contributed by atoms with van der Waals surface area (Å²) in [7, 11) is 1.39. The monoisotopic (exact) mass is 496 g/mol. The molecule has 0 radical (unpaired) electrons. The van der Waals surface area contributed by atoms with Crippen molar-refractivity contribution in [3.05, 3.63) is 70.6 Å². The zero-order chi connectivity index (χ0) is 24.5. The average Bonchev–Trinajstić information content (AvgIpc) is 3.59. The van der Waals surface area contributed by atoms with Crippen molar-refractivity contribution in [1.29, 1.82) is 0 Å². The van der Waals surface area contributed by atoms with Gasteiger partial charge < -0.3 is 19.5 Å². The number of nitrogens with zero attached hydrogens (tertiary/aromatic N) is 1.